The summed E-state index contributed by atoms with van der Waals surface area (Å²) in [6, 6.07) is 8.04. The number of nitrogens with zero attached hydrogens (tertiary/aromatic N) is 1. The third kappa shape index (κ3) is 3.30. The average molecular weight is 202 g/mol. The van der Waals surface area contributed by atoms with Crippen LogP contribution in [-0.4, -0.2) is 20.2 Å². The first-order chi connectivity index (χ1) is 7.29. The highest BCUT2D eigenvalue weighted by molar-refractivity contribution is 5.54. The average Bonchev–Trinajstić information content (AvgIpc) is 2.27. The second kappa shape index (κ2) is 6.10. The predicted octanol–water partition coefficient (Wildman–Crippen LogP) is 2.12. The lowest BCUT2D eigenvalue weighted by molar-refractivity contribution is 0.191. The molecule has 1 aromatic carbocycles. The minimum atomic E-state index is -0.0261. The van der Waals surface area contributed by atoms with E-state index in [9.17, 15) is 5.11 Å². The van der Waals surface area contributed by atoms with E-state index >= 15 is 0 Å². The van der Waals surface area contributed by atoms with E-state index in [-0.39, 0.29) is 6.61 Å². The molecule has 0 N–H and O–H groups in total. The summed E-state index contributed by atoms with van der Waals surface area (Å²) in [5.41, 5.74) is 2.28. The van der Waals surface area contributed by atoms with Gasteiger partial charge in [-0.05, 0) is 18.1 Å². The van der Waals surface area contributed by atoms with Crippen LogP contribution in [0.25, 0.3) is 0 Å². The van der Waals surface area contributed by atoms with E-state index in [0.29, 0.717) is 12.8 Å². The Hall–Kier alpha value is -1.46. The molecule has 0 saturated heterocycles. The first-order valence-electron chi connectivity index (χ1n) is 5.10. The standard InChI is InChI=1S/C13H16NO/c1-3-7-12-8-4-5-9-13(12)14(2)10-6-11-15/h1,4-5,8-9H,6-7,10-11H2,2H3. The molecule has 0 aromatic heterocycles. The van der Waals surface area contributed by atoms with Gasteiger partial charge in [-0.1, -0.05) is 18.2 Å². The Labute approximate surface area is 91.5 Å². The second-order valence-electron chi connectivity index (χ2n) is 3.49. The fourth-order valence-electron chi connectivity index (χ4n) is 1.56. The summed E-state index contributed by atoms with van der Waals surface area (Å²) in [4.78, 5) is 2.09. The van der Waals surface area contributed by atoms with Crippen LogP contribution < -0.4 is 4.90 Å². The van der Waals surface area contributed by atoms with Crippen molar-refractivity contribution in [3.05, 3.63) is 29.8 Å². The number of benzene rings is 1. The van der Waals surface area contributed by atoms with Crippen LogP contribution in [0.1, 0.15) is 12.0 Å². The molecule has 0 aliphatic carbocycles. The maximum Gasteiger partial charge on any atom is 0.0839 e. The summed E-state index contributed by atoms with van der Waals surface area (Å²) in [7, 11) is 1.99. The third-order valence-corrected chi connectivity index (χ3v) is 2.33. The lowest BCUT2D eigenvalue weighted by Gasteiger charge is -2.21. The van der Waals surface area contributed by atoms with Crippen LogP contribution in [0, 0.1) is 12.3 Å². The maximum absolute atomic E-state index is 10.4. The molecule has 0 aliphatic heterocycles. The number of hydrogen-bond acceptors (Lipinski definition) is 1. The third-order valence-electron chi connectivity index (χ3n) is 2.33. The van der Waals surface area contributed by atoms with Crippen molar-refractivity contribution in [3.8, 4) is 12.3 Å². The summed E-state index contributed by atoms with van der Waals surface area (Å²) in [6.07, 6.45) is 6.62. The first kappa shape index (κ1) is 11.6. The van der Waals surface area contributed by atoms with Gasteiger partial charge in [0.05, 0.1) is 6.61 Å². The van der Waals surface area contributed by atoms with Crippen molar-refractivity contribution < 1.29 is 5.11 Å². The Morgan fingerprint density at radius 2 is 2.13 bits per heavy atom. The molecule has 1 rings (SSSR count). The fourth-order valence-corrected chi connectivity index (χ4v) is 1.56. The van der Waals surface area contributed by atoms with Crippen molar-refractivity contribution >= 4 is 5.69 Å². The highest BCUT2D eigenvalue weighted by Crippen LogP contribution is 2.19. The van der Waals surface area contributed by atoms with Crippen LogP contribution in [0.2, 0.25) is 0 Å². The number of para-hydroxylation sites is 1. The molecule has 1 radical (unpaired) electrons. The molecule has 79 valence electrons. The molecule has 0 fully saturated rings. The smallest absolute Gasteiger partial charge is 0.0839 e. The molecule has 0 bridgehead atoms. The number of terminal acetylenes is 1. The SMILES string of the molecule is C#CCc1ccccc1N(C)CCC[O]. The monoisotopic (exact) mass is 202 g/mol. The van der Waals surface area contributed by atoms with Crippen LogP contribution in [0.15, 0.2) is 24.3 Å². The Kier molecular flexibility index (Phi) is 4.73. The molecular weight excluding hydrogens is 186 g/mol. The van der Waals surface area contributed by atoms with Gasteiger partial charge in [0.1, 0.15) is 0 Å². The molecule has 0 aliphatic rings. The first-order valence-corrected chi connectivity index (χ1v) is 5.10. The number of hydrogen-bond donors (Lipinski definition) is 0. The normalized spacial score (nSPS) is 9.67. The predicted molar refractivity (Wildman–Crippen MR) is 62.4 cm³/mol. The van der Waals surface area contributed by atoms with E-state index in [1.807, 2.05) is 31.3 Å². The zero-order chi connectivity index (χ0) is 11.1. The molecule has 0 spiro atoms. The lowest BCUT2D eigenvalue weighted by atomic mass is 10.1. The van der Waals surface area contributed by atoms with E-state index in [4.69, 9.17) is 6.42 Å². The Morgan fingerprint density at radius 3 is 2.80 bits per heavy atom. The van der Waals surface area contributed by atoms with Crippen LogP contribution >= 0.6 is 0 Å². The summed E-state index contributed by atoms with van der Waals surface area (Å²) < 4.78 is 0. The Morgan fingerprint density at radius 1 is 1.40 bits per heavy atom. The molecule has 0 atom stereocenters. The van der Waals surface area contributed by atoms with Gasteiger partial charge >= 0.3 is 0 Å². The van der Waals surface area contributed by atoms with Crippen LogP contribution in [0.3, 0.4) is 0 Å². The van der Waals surface area contributed by atoms with Gasteiger partial charge in [0.25, 0.3) is 0 Å². The van der Waals surface area contributed by atoms with E-state index in [1.165, 1.54) is 0 Å². The van der Waals surface area contributed by atoms with E-state index in [2.05, 4.69) is 10.8 Å². The molecular formula is C13H16NO. The topological polar surface area (TPSA) is 23.1 Å². The van der Waals surface area contributed by atoms with Gasteiger partial charge in [-0.25, -0.2) is 5.11 Å². The molecule has 2 nitrogen and oxygen atoms in total. The van der Waals surface area contributed by atoms with Crippen molar-refractivity contribution in [3.63, 3.8) is 0 Å². The molecule has 2 heteroatoms. The van der Waals surface area contributed by atoms with Gasteiger partial charge < -0.3 is 4.90 Å². The highest BCUT2D eigenvalue weighted by atomic mass is 16.3. The summed E-state index contributed by atoms with van der Waals surface area (Å²) in [6.45, 7) is 0.757. The minimum Gasteiger partial charge on any atom is -0.374 e. The van der Waals surface area contributed by atoms with Crippen molar-refractivity contribution in [1.29, 1.82) is 0 Å². The molecule has 0 amide bonds. The van der Waals surface area contributed by atoms with Gasteiger partial charge in [0, 0.05) is 25.7 Å². The summed E-state index contributed by atoms with van der Waals surface area (Å²) >= 11 is 0. The van der Waals surface area contributed by atoms with Crippen LogP contribution in [0.4, 0.5) is 5.69 Å². The van der Waals surface area contributed by atoms with Crippen molar-refractivity contribution in [1.82, 2.24) is 0 Å². The van der Waals surface area contributed by atoms with Crippen molar-refractivity contribution in [2.24, 2.45) is 0 Å². The number of rotatable bonds is 5. The van der Waals surface area contributed by atoms with Gasteiger partial charge in [0.2, 0.25) is 0 Å². The summed E-state index contributed by atoms with van der Waals surface area (Å²) in [5, 5.41) is 10.4. The molecule has 15 heavy (non-hydrogen) atoms. The van der Waals surface area contributed by atoms with E-state index < -0.39 is 0 Å². The minimum absolute atomic E-state index is 0.0261. The van der Waals surface area contributed by atoms with Gasteiger partial charge in [0.15, 0.2) is 0 Å². The quantitative estimate of drug-likeness (QED) is 0.671. The van der Waals surface area contributed by atoms with Gasteiger partial charge in [-0.2, -0.15) is 0 Å². The highest BCUT2D eigenvalue weighted by Gasteiger charge is 2.05. The molecule has 0 heterocycles. The van der Waals surface area contributed by atoms with Crippen LogP contribution in [0.5, 0.6) is 0 Å². The molecule has 0 saturated carbocycles. The zero-order valence-electron chi connectivity index (χ0n) is 9.07. The van der Waals surface area contributed by atoms with Gasteiger partial charge in [-0.3, -0.25) is 0 Å². The van der Waals surface area contributed by atoms with Crippen LogP contribution in [-0.2, 0) is 11.5 Å². The zero-order valence-corrected chi connectivity index (χ0v) is 9.07. The molecule has 0 unspecified atom stereocenters. The van der Waals surface area contributed by atoms with E-state index in [1.54, 1.807) is 0 Å². The van der Waals surface area contributed by atoms with Gasteiger partial charge in [-0.15, -0.1) is 12.3 Å². The Balaban J connectivity index is 2.78. The van der Waals surface area contributed by atoms with Crippen molar-refractivity contribution in [2.75, 3.05) is 25.1 Å². The maximum atomic E-state index is 10.4. The number of anilines is 1. The largest absolute Gasteiger partial charge is 0.374 e. The summed E-state index contributed by atoms with van der Waals surface area (Å²) in [5.74, 6) is 2.65. The molecule has 1 aromatic rings. The fraction of sp³-hybridized carbons (Fsp3) is 0.385. The van der Waals surface area contributed by atoms with Crippen molar-refractivity contribution in [2.45, 2.75) is 12.8 Å². The lowest BCUT2D eigenvalue weighted by Crippen LogP contribution is -2.20. The second-order valence-corrected chi connectivity index (χ2v) is 3.49. The Bertz CT molecular complexity index is 341. The van der Waals surface area contributed by atoms with E-state index in [0.717, 1.165) is 17.8 Å².